The lowest BCUT2D eigenvalue weighted by Gasteiger charge is -2.07. The van der Waals surface area contributed by atoms with Crippen LogP contribution in [-0.2, 0) is 0 Å². The zero-order valence-corrected chi connectivity index (χ0v) is 16.4. The van der Waals surface area contributed by atoms with E-state index in [9.17, 15) is 4.79 Å². The minimum absolute atomic E-state index is 0.0426. The number of fused-ring (bicyclic) bond motifs is 1. The van der Waals surface area contributed by atoms with Crippen LogP contribution >= 0.6 is 11.3 Å². The van der Waals surface area contributed by atoms with E-state index in [1.165, 1.54) is 20.7 Å². The molecule has 0 N–H and O–H groups in total. The van der Waals surface area contributed by atoms with Crippen LogP contribution < -0.4 is 0 Å². The van der Waals surface area contributed by atoms with Crippen LogP contribution in [0.4, 0.5) is 0 Å². The number of ketones is 1. The highest BCUT2D eigenvalue weighted by molar-refractivity contribution is 7.23. The van der Waals surface area contributed by atoms with Crippen LogP contribution in [0.1, 0.15) is 15.9 Å². The number of hydrogen-bond donors (Lipinski definition) is 0. The molecular weight excluding hydrogens is 374 g/mol. The van der Waals surface area contributed by atoms with Gasteiger partial charge < -0.3 is 0 Å². The van der Waals surface area contributed by atoms with Gasteiger partial charge in [-0.05, 0) is 17.2 Å². The maximum atomic E-state index is 12.7. The van der Waals surface area contributed by atoms with Crippen LogP contribution in [0.2, 0.25) is 0 Å². The van der Waals surface area contributed by atoms with E-state index in [0.29, 0.717) is 11.1 Å². The van der Waals surface area contributed by atoms with Crippen LogP contribution in [0.5, 0.6) is 0 Å². The van der Waals surface area contributed by atoms with Crippen molar-refractivity contribution >= 4 is 27.2 Å². The Balaban J connectivity index is 1.61. The van der Waals surface area contributed by atoms with E-state index in [1.54, 1.807) is 11.3 Å². The second-order valence-corrected chi connectivity index (χ2v) is 7.87. The lowest BCUT2D eigenvalue weighted by Crippen LogP contribution is -2.00. The number of benzene rings is 3. The van der Waals surface area contributed by atoms with E-state index >= 15 is 0 Å². The first-order valence-corrected chi connectivity index (χ1v) is 10.2. The molecule has 0 aliphatic carbocycles. The molecule has 0 bridgehead atoms. The Morgan fingerprint density at radius 1 is 0.690 bits per heavy atom. The summed E-state index contributed by atoms with van der Waals surface area (Å²) in [7, 11) is 0. The van der Waals surface area contributed by atoms with Crippen molar-refractivity contribution in [3.05, 3.63) is 115 Å². The summed E-state index contributed by atoms with van der Waals surface area (Å²) in [4.78, 5) is 18.2. The van der Waals surface area contributed by atoms with E-state index in [0.717, 1.165) is 10.9 Å². The Bertz CT molecular complexity index is 1290. The van der Waals surface area contributed by atoms with Gasteiger partial charge in [0.15, 0.2) is 5.78 Å². The Morgan fingerprint density at radius 2 is 1.34 bits per heavy atom. The van der Waals surface area contributed by atoms with Crippen LogP contribution in [0.3, 0.4) is 0 Å². The highest BCUT2D eigenvalue weighted by Crippen LogP contribution is 2.44. The van der Waals surface area contributed by atoms with Crippen LogP contribution in [0, 0.1) is 0 Å². The van der Waals surface area contributed by atoms with Gasteiger partial charge in [-0.2, -0.15) is 0 Å². The van der Waals surface area contributed by atoms with E-state index < -0.39 is 0 Å². The summed E-state index contributed by atoms with van der Waals surface area (Å²) in [6.07, 6.45) is 3.77. The number of carbonyl (C=O) groups is 1. The number of carbonyl (C=O) groups excluding carboxylic acids is 1. The van der Waals surface area contributed by atoms with E-state index in [1.807, 2.05) is 73.1 Å². The predicted molar refractivity (Wildman–Crippen MR) is 120 cm³/mol. The summed E-state index contributed by atoms with van der Waals surface area (Å²) in [5.41, 5.74) is 4.88. The van der Waals surface area contributed by atoms with Crippen molar-refractivity contribution in [1.29, 1.82) is 0 Å². The highest BCUT2D eigenvalue weighted by Gasteiger charge is 2.16. The second kappa shape index (κ2) is 7.46. The number of nitrogens with zero attached hydrogens (tertiary/aromatic N) is 1. The molecule has 0 saturated heterocycles. The standard InChI is InChI=1S/C26H17NOS/c28-25(19-9-5-2-6-10-19)20-11-13-21(14-12-20)26-24(18-7-3-1-4-8-18)22-17-27-16-15-23(22)29-26/h1-17H. The molecule has 138 valence electrons. The molecule has 2 heterocycles. The zero-order chi connectivity index (χ0) is 19.6. The Kier molecular flexibility index (Phi) is 4.51. The number of thiophene rings is 1. The van der Waals surface area contributed by atoms with Crippen molar-refractivity contribution in [2.75, 3.05) is 0 Å². The minimum Gasteiger partial charge on any atom is -0.289 e. The molecule has 3 aromatic carbocycles. The molecule has 0 aliphatic heterocycles. The maximum absolute atomic E-state index is 12.7. The van der Waals surface area contributed by atoms with Crippen LogP contribution in [0.15, 0.2) is 103 Å². The number of pyridine rings is 1. The fourth-order valence-electron chi connectivity index (χ4n) is 3.57. The van der Waals surface area contributed by atoms with Crippen LogP contribution in [0.25, 0.3) is 31.7 Å². The maximum Gasteiger partial charge on any atom is 0.193 e. The van der Waals surface area contributed by atoms with Gasteiger partial charge in [-0.3, -0.25) is 9.78 Å². The molecule has 5 aromatic rings. The predicted octanol–water partition coefficient (Wildman–Crippen LogP) is 6.86. The van der Waals surface area contributed by atoms with Gasteiger partial charge in [0, 0.05) is 44.0 Å². The molecule has 0 unspecified atom stereocenters. The van der Waals surface area contributed by atoms with E-state index in [2.05, 4.69) is 35.3 Å². The molecule has 0 spiro atoms. The average molecular weight is 391 g/mol. The monoisotopic (exact) mass is 391 g/mol. The van der Waals surface area contributed by atoms with Crippen molar-refractivity contribution in [2.24, 2.45) is 0 Å². The topological polar surface area (TPSA) is 30.0 Å². The van der Waals surface area contributed by atoms with Gasteiger partial charge in [0.2, 0.25) is 0 Å². The van der Waals surface area contributed by atoms with Gasteiger partial charge in [0.25, 0.3) is 0 Å². The molecule has 0 atom stereocenters. The molecular formula is C26H17NOS. The highest BCUT2D eigenvalue weighted by atomic mass is 32.1. The summed E-state index contributed by atoms with van der Waals surface area (Å²) in [6.45, 7) is 0. The van der Waals surface area contributed by atoms with Gasteiger partial charge in [-0.15, -0.1) is 11.3 Å². The van der Waals surface area contributed by atoms with Crippen molar-refractivity contribution in [2.45, 2.75) is 0 Å². The van der Waals surface area contributed by atoms with Crippen LogP contribution in [-0.4, -0.2) is 10.8 Å². The first-order chi connectivity index (χ1) is 14.3. The number of rotatable bonds is 4. The number of aromatic nitrogens is 1. The van der Waals surface area contributed by atoms with Gasteiger partial charge >= 0.3 is 0 Å². The quantitative estimate of drug-likeness (QED) is 0.313. The molecule has 29 heavy (non-hydrogen) atoms. The average Bonchev–Trinajstić information content (AvgIpc) is 3.19. The third kappa shape index (κ3) is 3.26. The zero-order valence-electron chi connectivity index (χ0n) is 15.6. The van der Waals surface area contributed by atoms with Crippen molar-refractivity contribution in [3.8, 4) is 21.6 Å². The Morgan fingerprint density at radius 3 is 2.07 bits per heavy atom. The molecule has 3 heteroatoms. The summed E-state index contributed by atoms with van der Waals surface area (Å²) < 4.78 is 1.21. The van der Waals surface area contributed by atoms with Crippen molar-refractivity contribution in [1.82, 2.24) is 4.98 Å². The minimum atomic E-state index is 0.0426. The lowest BCUT2D eigenvalue weighted by molar-refractivity contribution is 0.103. The molecule has 2 aromatic heterocycles. The summed E-state index contributed by atoms with van der Waals surface area (Å²) in [6, 6.07) is 29.8. The van der Waals surface area contributed by atoms with Gasteiger partial charge in [0.05, 0.1) is 0 Å². The Hall–Kier alpha value is -3.56. The SMILES string of the molecule is O=C(c1ccccc1)c1ccc(-c2sc3ccncc3c2-c2ccccc2)cc1. The molecule has 2 nitrogen and oxygen atoms in total. The molecule has 0 radical (unpaired) electrons. The van der Waals surface area contributed by atoms with Crippen molar-refractivity contribution in [3.63, 3.8) is 0 Å². The first-order valence-electron chi connectivity index (χ1n) is 9.43. The molecule has 5 rings (SSSR count). The summed E-state index contributed by atoms with van der Waals surface area (Å²) in [5, 5.41) is 1.16. The van der Waals surface area contributed by atoms with Gasteiger partial charge in [-0.1, -0.05) is 84.9 Å². The van der Waals surface area contributed by atoms with Gasteiger partial charge in [0.1, 0.15) is 0 Å². The van der Waals surface area contributed by atoms with Gasteiger partial charge in [-0.25, -0.2) is 0 Å². The van der Waals surface area contributed by atoms with E-state index in [-0.39, 0.29) is 5.78 Å². The Labute approximate surface area is 173 Å². The molecule has 0 amide bonds. The summed E-state index contributed by atoms with van der Waals surface area (Å²) >= 11 is 1.76. The third-order valence-electron chi connectivity index (χ3n) is 5.00. The molecule has 0 fully saturated rings. The lowest BCUT2D eigenvalue weighted by atomic mass is 9.97. The normalized spacial score (nSPS) is 10.9. The van der Waals surface area contributed by atoms with Crippen molar-refractivity contribution < 1.29 is 4.79 Å². The fourth-order valence-corrected chi connectivity index (χ4v) is 4.76. The molecule has 0 aliphatic rings. The first kappa shape index (κ1) is 17.5. The number of hydrogen-bond acceptors (Lipinski definition) is 3. The summed E-state index contributed by atoms with van der Waals surface area (Å²) in [5.74, 6) is 0.0426. The second-order valence-electron chi connectivity index (χ2n) is 6.82. The third-order valence-corrected chi connectivity index (χ3v) is 6.22. The smallest absolute Gasteiger partial charge is 0.193 e. The largest absolute Gasteiger partial charge is 0.289 e. The fraction of sp³-hybridized carbons (Fsp3) is 0. The molecule has 0 saturated carbocycles. The van der Waals surface area contributed by atoms with E-state index in [4.69, 9.17) is 0 Å².